The van der Waals surface area contributed by atoms with E-state index in [1.165, 1.54) is 0 Å². The van der Waals surface area contributed by atoms with E-state index in [0.29, 0.717) is 16.9 Å². The van der Waals surface area contributed by atoms with Crippen LogP contribution in [0.3, 0.4) is 0 Å². The van der Waals surface area contributed by atoms with Gasteiger partial charge in [-0.3, -0.25) is 5.41 Å². The zero-order chi connectivity index (χ0) is 11.2. The summed E-state index contributed by atoms with van der Waals surface area (Å²) in [6.45, 7) is 3.89. The Bertz CT molecular complexity index is 433. The van der Waals surface area contributed by atoms with Crippen molar-refractivity contribution in [3.05, 3.63) is 24.0 Å². The summed E-state index contributed by atoms with van der Waals surface area (Å²) in [4.78, 5) is 6.00. The minimum Gasteiger partial charge on any atom is -0.506 e. The van der Waals surface area contributed by atoms with Crippen LogP contribution in [0, 0.1) is 10.8 Å². The van der Waals surface area contributed by atoms with Gasteiger partial charge in [0.25, 0.3) is 0 Å². The number of amidine groups is 1. The summed E-state index contributed by atoms with van der Waals surface area (Å²) in [7, 11) is 0. The molecule has 2 aliphatic rings. The van der Waals surface area contributed by atoms with Gasteiger partial charge in [-0.2, -0.15) is 0 Å². The van der Waals surface area contributed by atoms with Gasteiger partial charge in [-0.1, -0.05) is 0 Å². The molecule has 2 aliphatic heterocycles. The molecule has 0 aromatic carbocycles. The van der Waals surface area contributed by atoms with Gasteiger partial charge in [-0.15, -0.1) is 0 Å². The zero-order valence-corrected chi connectivity index (χ0v) is 8.90. The summed E-state index contributed by atoms with van der Waals surface area (Å²) in [6, 6.07) is 3.23. The molecule has 0 amide bonds. The Hall–Kier alpha value is -1.62. The first-order chi connectivity index (χ1) is 7.70. The summed E-state index contributed by atoms with van der Waals surface area (Å²) in [5.74, 6) is 0.413. The van der Waals surface area contributed by atoms with Gasteiger partial charge >= 0.3 is 0 Å². The molecule has 1 aromatic rings. The molecule has 84 valence electrons. The summed E-state index contributed by atoms with van der Waals surface area (Å²) < 4.78 is 0. The van der Waals surface area contributed by atoms with E-state index in [9.17, 15) is 5.11 Å². The van der Waals surface area contributed by atoms with Crippen LogP contribution in [0.2, 0.25) is 0 Å². The van der Waals surface area contributed by atoms with Crippen LogP contribution in [0.25, 0.3) is 0 Å². The van der Waals surface area contributed by atoms with Crippen LogP contribution in [0.4, 0.5) is 0 Å². The van der Waals surface area contributed by atoms with Crippen molar-refractivity contribution in [1.82, 2.24) is 15.2 Å². The van der Waals surface area contributed by atoms with Gasteiger partial charge < -0.3 is 15.3 Å². The highest BCUT2D eigenvalue weighted by atomic mass is 16.3. The molecule has 0 radical (unpaired) electrons. The van der Waals surface area contributed by atoms with Gasteiger partial charge in [0, 0.05) is 37.8 Å². The summed E-state index contributed by atoms with van der Waals surface area (Å²) in [5, 5.41) is 20.8. The lowest BCUT2D eigenvalue weighted by Gasteiger charge is -2.56. The molecular weight excluding hydrogens is 204 g/mol. The zero-order valence-electron chi connectivity index (χ0n) is 8.90. The third kappa shape index (κ3) is 1.28. The number of nitrogens with one attached hydrogen (secondary N) is 2. The predicted molar refractivity (Wildman–Crippen MR) is 59.6 cm³/mol. The van der Waals surface area contributed by atoms with Gasteiger partial charge in [0.05, 0.1) is 0 Å². The largest absolute Gasteiger partial charge is 0.506 e. The molecular formula is C11H14N4O. The number of hydrogen-bond acceptors (Lipinski definition) is 4. The monoisotopic (exact) mass is 218 g/mol. The Morgan fingerprint density at radius 2 is 2.25 bits per heavy atom. The SMILES string of the molecule is N=C(c1ncccc1O)N1CC2(CNC2)C1. The number of rotatable bonds is 1. The van der Waals surface area contributed by atoms with E-state index >= 15 is 0 Å². The highest BCUT2D eigenvalue weighted by Gasteiger charge is 2.48. The van der Waals surface area contributed by atoms with E-state index in [0.717, 1.165) is 26.2 Å². The maximum Gasteiger partial charge on any atom is 0.150 e. The molecule has 2 fully saturated rings. The average Bonchev–Trinajstić information content (AvgIpc) is 2.13. The maximum absolute atomic E-state index is 9.61. The van der Waals surface area contributed by atoms with E-state index in [-0.39, 0.29) is 5.75 Å². The molecule has 1 spiro atoms. The highest BCUT2D eigenvalue weighted by Crippen LogP contribution is 2.35. The highest BCUT2D eigenvalue weighted by molar-refractivity contribution is 5.97. The molecule has 1 aromatic heterocycles. The Morgan fingerprint density at radius 3 is 2.81 bits per heavy atom. The molecule has 2 saturated heterocycles. The Morgan fingerprint density at radius 1 is 1.50 bits per heavy atom. The van der Waals surface area contributed by atoms with Gasteiger partial charge in [-0.05, 0) is 12.1 Å². The number of aromatic hydroxyl groups is 1. The van der Waals surface area contributed by atoms with Gasteiger partial charge in [0.15, 0.2) is 5.84 Å². The second-order valence-electron chi connectivity index (χ2n) is 4.68. The third-order valence-electron chi connectivity index (χ3n) is 3.38. The number of nitrogens with zero attached hydrogens (tertiary/aromatic N) is 2. The van der Waals surface area contributed by atoms with Crippen molar-refractivity contribution in [1.29, 1.82) is 5.41 Å². The summed E-state index contributed by atoms with van der Waals surface area (Å²) in [5.41, 5.74) is 0.765. The van der Waals surface area contributed by atoms with Gasteiger partial charge in [0.2, 0.25) is 0 Å². The van der Waals surface area contributed by atoms with Crippen molar-refractivity contribution in [2.75, 3.05) is 26.2 Å². The minimum absolute atomic E-state index is 0.0835. The molecule has 5 nitrogen and oxygen atoms in total. The van der Waals surface area contributed by atoms with Crippen molar-refractivity contribution in [3.63, 3.8) is 0 Å². The van der Waals surface area contributed by atoms with Gasteiger partial charge in [-0.25, -0.2) is 4.98 Å². The molecule has 5 heteroatoms. The Kier molecular flexibility index (Phi) is 1.91. The van der Waals surface area contributed by atoms with E-state index < -0.39 is 0 Å². The van der Waals surface area contributed by atoms with E-state index in [4.69, 9.17) is 5.41 Å². The quantitative estimate of drug-likeness (QED) is 0.459. The number of likely N-dealkylation sites (tertiary alicyclic amines) is 1. The first-order valence-corrected chi connectivity index (χ1v) is 5.39. The lowest BCUT2D eigenvalue weighted by Crippen LogP contribution is -2.71. The van der Waals surface area contributed by atoms with Crippen LogP contribution in [0.1, 0.15) is 5.69 Å². The molecule has 3 N–H and O–H groups in total. The average molecular weight is 218 g/mol. The van der Waals surface area contributed by atoms with Crippen LogP contribution in [-0.2, 0) is 0 Å². The maximum atomic E-state index is 9.61. The molecule has 0 saturated carbocycles. The molecule has 0 unspecified atom stereocenters. The van der Waals surface area contributed by atoms with Gasteiger partial charge in [0.1, 0.15) is 11.4 Å². The van der Waals surface area contributed by atoms with Crippen LogP contribution in [0.15, 0.2) is 18.3 Å². The normalized spacial score (nSPS) is 21.4. The van der Waals surface area contributed by atoms with E-state index in [2.05, 4.69) is 10.3 Å². The Balaban J connectivity index is 1.73. The van der Waals surface area contributed by atoms with Crippen LogP contribution >= 0.6 is 0 Å². The number of aromatic nitrogens is 1. The van der Waals surface area contributed by atoms with Crippen molar-refractivity contribution in [2.45, 2.75) is 0 Å². The van der Waals surface area contributed by atoms with Crippen LogP contribution in [-0.4, -0.2) is 47.0 Å². The standard InChI is InChI=1S/C11H14N4O/c12-10(9-8(16)2-1-3-14-9)15-6-11(7-15)4-13-5-11/h1-3,12-13,16H,4-7H2. The van der Waals surface area contributed by atoms with E-state index in [1.807, 2.05) is 4.90 Å². The summed E-state index contributed by atoms with van der Waals surface area (Å²) in [6.07, 6.45) is 1.60. The predicted octanol–water partition coefficient (Wildman–Crippen LogP) is 0.0178. The number of hydrogen-bond donors (Lipinski definition) is 3. The van der Waals surface area contributed by atoms with Crippen molar-refractivity contribution in [3.8, 4) is 5.75 Å². The molecule has 16 heavy (non-hydrogen) atoms. The molecule has 0 bridgehead atoms. The second-order valence-corrected chi connectivity index (χ2v) is 4.68. The van der Waals surface area contributed by atoms with Crippen molar-refractivity contribution in [2.24, 2.45) is 5.41 Å². The fourth-order valence-electron chi connectivity index (χ4n) is 2.35. The second kappa shape index (κ2) is 3.18. The van der Waals surface area contributed by atoms with Crippen LogP contribution < -0.4 is 5.32 Å². The lowest BCUT2D eigenvalue weighted by atomic mass is 9.74. The molecule has 0 atom stereocenters. The first kappa shape index (κ1) is 9.59. The van der Waals surface area contributed by atoms with E-state index in [1.54, 1.807) is 18.3 Å². The Labute approximate surface area is 93.6 Å². The summed E-state index contributed by atoms with van der Waals surface area (Å²) >= 11 is 0. The minimum atomic E-state index is 0.0835. The smallest absolute Gasteiger partial charge is 0.150 e. The molecule has 0 aliphatic carbocycles. The first-order valence-electron chi connectivity index (χ1n) is 5.39. The van der Waals surface area contributed by atoms with Crippen LogP contribution in [0.5, 0.6) is 5.75 Å². The third-order valence-corrected chi connectivity index (χ3v) is 3.38. The van der Waals surface area contributed by atoms with Crippen molar-refractivity contribution >= 4 is 5.84 Å². The fourth-order valence-corrected chi connectivity index (χ4v) is 2.35. The molecule has 3 rings (SSSR count). The topological polar surface area (TPSA) is 72.2 Å². The molecule has 3 heterocycles. The number of pyridine rings is 1. The lowest BCUT2D eigenvalue weighted by molar-refractivity contribution is 0.00672. The van der Waals surface area contributed by atoms with Crippen molar-refractivity contribution < 1.29 is 5.11 Å². The fraction of sp³-hybridized carbons (Fsp3) is 0.455.